The van der Waals surface area contributed by atoms with E-state index in [-0.39, 0.29) is 5.41 Å². The average Bonchev–Trinajstić information content (AvgIpc) is 3.11. The van der Waals surface area contributed by atoms with E-state index in [1.54, 1.807) is 11.1 Å². The van der Waals surface area contributed by atoms with Crippen molar-refractivity contribution in [2.24, 2.45) is 0 Å². The summed E-state index contributed by atoms with van der Waals surface area (Å²) in [6, 6.07) is 16.5. The molecule has 1 aliphatic carbocycles. The quantitative estimate of drug-likeness (QED) is 0.183. The molecule has 2 aromatic carbocycles. The summed E-state index contributed by atoms with van der Waals surface area (Å²) < 4.78 is 0. The van der Waals surface area contributed by atoms with Gasteiger partial charge in [-0.3, -0.25) is 0 Å². The molecular formula is C34H52. The van der Waals surface area contributed by atoms with Gasteiger partial charge in [-0.15, -0.1) is 6.58 Å². The third kappa shape index (κ3) is 7.59. The Balaban J connectivity index is 0.00000199. The first kappa shape index (κ1) is 28.4. The lowest BCUT2D eigenvalue weighted by Gasteiger charge is -2.33. The van der Waals surface area contributed by atoms with Gasteiger partial charge in [-0.1, -0.05) is 139 Å². The fourth-order valence-corrected chi connectivity index (χ4v) is 5.82. The van der Waals surface area contributed by atoms with Gasteiger partial charge >= 0.3 is 0 Å². The van der Waals surface area contributed by atoms with Crippen molar-refractivity contribution in [1.29, 1.82) is 0 Å². The van der Waals surface area contributed by atoms with Crippen LogP contribution in [0.25, 0.3) is 11.1 Å². The lowest BCUT2D eigenvalue weighted by Crippen LogP contribution is -2.25. The van der Waals surface area contributed by atoms with Gasteiger partial charge in [0.25, 0.3) is 0 Å². The third-order valence-electron chi connectivity index (χ3n) is 7.59. The smallest absolute Gasteiger partial charge is 0.0215 e. The first-order valence-corrected chi connectivity index (χ1v) is 14.4. The molecule has 0 fully saturated rings. The lowest BCUT2D eigenvalue weighted by atomic mass is 9.70. The van der Waals surface area contributed by atoms with Crippen LogP contribution < -0.4 is 0 Å². The highest BCUT2D eigenvalue weighted by molar-refractivity contribution is 5.81. The number of allylic oxidation sites excluding steroid dienone is 1. The maximum Gasteiger partial charge on any atom is 0.0215 e. The van der Waals surface area contributed by atoms with Gasteiger partial charge < -0.3 is 0 Å². The number of unbranched alkanes of at least 4 members (excludes halogenated alkanes) is 9. The Morgan fingerprint density at radius 2 is 1.26 bits per heavy atom. The zero-order chi connectivity index (χ0) is 24.8. The minimum atomic E-state index is 0.223. The Labute approximate surface area is 212 Å². The Kier molecular flexibility index (Phi) is 12.7. The zero-order valence-electron chi connectivity index (χ0n) is 23.1. The van der Waals surface area contributed by atoms with Crippen LogP contribution >= 0.6 is 0 Å². The summed E-state index contributed by atoms with van der Waals surface area (Å²) >= 11 is 0. The van der Waals surface area contributed by atoms with Crippen LogP contribution in [0.3, 0.4) is 0 Å². The second-order valence-corrected chi connectivity index (χ2v) is 10.4. The number of hydrogen-bond acceptors (Lipinski definition) is 0. The molecule has 0 heterocycles. The van der Waals surface area contributed by atoms with Crippen LogP contribution in [0, 0.1) is 6.92 Å². The molecule has 1 aliphatic rings. The summed E-state index contributed by atoms with van der Waals surface area (Å²) in [5, 5.41) is 0. The lowest BCUT2D eigenvalue weighted by molar-refractivity contribution is 0.398. The highest BCUT2D eigenvalue weighted by Crippen LogP contribution is 2.54. The minimum Gasteiger partial charge on any atom is -0.100 e. The van der Waals surface area contributed by atoms with Crippen molar-refractivity contribution in [1.82, 2.24) is 0 Å². The van der Waals surface area contributed by atoms with Crippen molar-refractivity contribution >= 4 is 0 Å². The monoisotopic (exact) mass is 460 g/mol. The summed E-state index contributed by atoms with van der Waals surface area (Å²) in [6.07, 6.45) is 18.8. The van der Waals surface area contributed by atoms with E-state index in [2.05, 4.69) is 69.8 Å². The molecule has 34 heavy (non-hydrogen) atoms. The molecule has 1 atom stereocenters. The van der Waals surface area contributed by atoms with Crippen LogP contribution in [0.4, 0.5) is 0 Å². The van der Waals surface area contributed by atoms with Crippen molar-refractivity contribution in [3.8, 4) is 11.1 Å². The van der Waals surface area contributed by atoms with E-state index in [1.807, 2.05) is 13.8 Å². The number of aryl methyl sites for hydroxylation is 1. The molecule has 0 spiro atoms. The average molecular weight is 461 g/mol. The molecule has 0 saturated carbocycles. The Bertz CT molecular complexity index is 858. The molecule has 0 heteroatoms. The largest absolute Gasteiger partial charge is 0.100 e. The minimum absolute atomic E-state index is 0.223. The molecule has 0 radical (unpaired) electrons. The summed E-state index contributed by atoms with van der Waals surface area (Å²) in [5.41, 5.74) is 9.18. The number of rotatable bonds is 15. The standard InChI is InChI=1S/C32H46.C2H6/c1-5-6-7-8-11-16-23-32(24-17-12-9-10-13-18-26(2)3)30-20-15-14-19-28(30)29-22-21-27(4)25-31(29)32;1-2/h14-15,19-22,25H,2,5-13,16-18,23-24H2,1,3-4H3;1-2H3. The normalized spacial score (nSPS) is 15.9. The molecule has 0 aromatic heterocycles. The van der Waals surface area contributed by atoms with Crippen molar-refractivity contribution in [3.05, 3.63) is 71.3 Å². The SMILES string of the molecule is C=C(C)CCCCCCCC1(CCCCCCCC)c2ccccc2-c2ccc(C)cc21.CC. The predicted molar refractivity (Wildman–Crippen MR) is 154 cm³/mol. The van der Waals surface area contributed by atoms with E-state index in [9.17, 15) is 0 Å². The third-order valence-corrected chi connectivity index (χ3v) is 7.59. The number of benzene rings is 2. The maximum absolute atomic E-state index is 4.05. The Morgan fingerprint density at radius 1 is 0.706 bits per heavy atom. The van der Waals surface area contributed by atoms with Gasteiger partial charge in [0.15, 0.2) is 0 Å². The summed E-state index contributed by atoms with van der Waals surface area (Å²) in [4.78, 5) is 0. The van der Waals surface area contributed by atoms with Crippen LogP contribution in [0.5, 0.6) is 0 Å². The number of hydrogen-bond donors (Lipinski definition) is 0. The molecule has 0 saturated heterocycles. The molecule has 188 valence electrons. The van der Waals surface area contributed by atoms with Gasteiger partial charge in [-0.25, -0.2) is 0 Å². The van der Waals surface area contributed by atoms with Gasteiger partial charge in [-0.05, 0) is 61.8 Å². The van der Waals surface area contributed by atoms with Crippen LogP contribution in [0.2, 0.25) is 0 Å². The van der Waals surface area contributed by atoms with Crippen LogP contribution in [0.15, 0.2) is 54.6 Å². The van der Waals surface area contributed by atoms with Crippen molar-refractivity contribution in [2.45, 2.75) is 130 Å². The van der Waals surface area contributed by atoms with Gasteiger partial charge in [0, 0.05) is 5.41 Å². The molecule has 2 aromatic rings. The molecule has 0 bridgehead atoms. The van der Waals surface area contributed by atoms with Crippen molar-refractivity contribution in [2.75, 3.05) is 0 Å². The molecule has 0 nitrogen and oxygen atoms in total. The summed E-state index contributed by atoms with van der Waals surface area (Å²) in [7, 11) is 0. The van der Waals surface area contributed by atoms with Crippen LogP contribution in [-0.2, 0) is 5.41 Å². The van der Waals surface area contributed by atoms with E-state index in [1.165, 1.54) is 112 Å². The second-order valence-electron chi connectivity index (χ2n) is 10.4. The topological polar surface area (TPSA) is 0 Å². The fraction of sp³-hybridized carbons (Fsp3) is 0.588. The predicted octanol–water partition coefficient (Wildman–Crippen LogP) is 11.3. The Morgan fingerprint density at radius 3 is 1.91 bits per heavy atom. The van der Waals surface area contributed by atoms with Crippen molar-refractivity contribution in [3.63, 3.8) is 0 Å². The molecule has 0 aliphatic heterocycles. The molecule has 3 rings (SSSR count). The van der Waals surface area contributed by atoms with Gasteiger partial charge in [0.05, 0.1) is 0 Å². The Hall–Kier alpha value is -1.82. The van der Waals surface area contributed by atoms with Crippen molar-refractivity contribution < 1.29 is 0 Å². The van der Waals surface area contributed by atoms with Gasteiger partial charge in [-0.2, -0.15) is 0 Å². The molecule has 1 unspecified atom stereocenters. The highest BCUT2D eigenvalue weighted by Gasteiger charge is 2.41. The highest BCUT2D eigenvalue weighted by atomic mass is 14.4. The van der Waals surface area contributed by atoms with Gasteiger partial charge in [0.1, 0.15) is 0 Å². The van der Waals surface area contributed by atoms with E-state index < -0.39 is 0 Å². The molecule has 0 N–H and O–H groups in total. The summed E-state index contributed by atoms with van der Waals surface area (Å²) in [6.45, 7) is 14.8. The van der Waals surface area contributed by atoms with Crippen LogP contribution in [-0.4, -0.2) is 0 Å². The first-order chi connectivity index (χ1) is 16.6. The van der Waals surface area contributed by atoms with E-state index in [0.29, 0.717) is 0 Å². The number of fused-ring (bicyclic) bond motifs is 3. The van der Waals surface area contributed by atoms with E-state index in [4.69, 9.17) is 0 Å². The molecule has 0 amide bonds. The van der Waals surface area contributed by atoms with E-state index in [0.717, 1.165) is 0 Å². The maximum atomic E-state index is 4.05. The first-order valence-electron chi connectivity index (χ1n) is 14.4. The van der Waals surface area contributed by atoms with Crippen LogP contribution in [0.1, 0.15) is 134 Å². The fourth-order valence-electron chi connectivity index (χ4n) is 5.82. The molecular weight excluding hydrogens is 408 g/mol. The zero-order valence-corrected chi connectivity index (χ0v) is 23.1. The van der Waals surface area contributed by atoms with E-state index >= 15 is 0 Å². The second kappa shape index (κ2) is 15.2. The summed E-state index contributed by atoms with van der Waals surface area (Å²) in [5.74, 6) is 0. The van der Waals surface area contributed by atoms with Gasteiger partial charge in [0.2, 0.25) is 0 Å².